The highest BCUT2D eigenvalue weighted by Gasteiger charge is 1.97. The first-order valence-corrected chi connectivity index (χ1v) is 2.82. The van der Waals surface area contributed by atoms with Crippen LogP contribution in [0.25, 0.3) is 0 Å². The van der Waals surface area contributed by atoms with Crippen molar-refractivity contribution in [3.8, 4) is 0 Å². The van der Waals surface area contributed by atoms with Crippen LogP contribution in [0.3, 0.4) is 0 Å². The minimum absolute atomic E-state index is 0.0634. The molecule has 0 aromatic heterocycles. The summed E-state index contributed by atoms with van der Waals surface area (Å²) in [5.74, 6) is 0. The van der Waals surface area contributed by atoms with Crippen molar-refractivity contribution in [3.05, 3.63) is 11.7 Å². The zero-order valence-corrected chi connectivity index (χ0v) is 5.86. The fourth-order valence-electron chi connectivity index (χ4n) is 0.278. The van der Waals surface area contributed by atoms with Crippen molar-refractivity contribution in [2.75, 3.05) is 6.61 Å². The number of hydrogen-bond donors (Lipinski definition) is 1. The molecule has 0 aliphatic heterocycles. The number of rotatable bonds is 2. The SMILES string of the molecule is C=C(Cl)NC(=O)OCC. The third-order valence-electron chi connectivity index (χ3n) is 0.513. The largest absolute Gasteiger partial charge is 0.450 e. The van der Waals surface area contributed by atoms with Gasteiger partial charge >= 0.3 is 6.09 Å². The van der Waals surface area contributed by atoms with E-state index in [1.165, 1.54) is 0 Å². The minimum Gasteiger partial charge on any atom is -0.450 e. The van der Waals surface area contributed by atoms with Gasteiger partial charge in [-0.2, -0.15) is 0 Å². The molecule has 1 amide bonds. The molecule has 52 valence electrons. The number of halogens is 1. The quantitative estimate of drug-likeness (QED) is 0.604. The van der Waals surface area contributed by atoms with Crippen molar-refractivity contribution in [2.24, 2.45) is 0 Å². The average Bonchev–Trinajstić information content (AvgIpc) is 1.63. The second kappa shape index (κ2) is 4.21. The predicted molar refractivity (Wildman–Crippen MR) is 35.2 cm³/mol. The fourth-order valence-corrected chi connectivity index (χ4v) is 0.355. The van der Waals surface area contributed by atoms with E-state index in [4.69, 9.17) is 11.6 Å². The molecule has 0 saturated heterocycles. The van der Waals surface area contributed by atoms with E-state index in [1.54, 1.807) is 6.92 Å². The molecule has 0 heterocycles. The summed E-state index contributed by atoms with van der Waals surface area (Å²) in [6.07, 6.45) is -0.572. The number of alkyl carbamates (subject to hydrolysis) is 1. The van der Waals surface area contributed by atoms with Crippen LogP contribution in [0.15, 0.2) is 11.7 Å². The van der Waals surface area contributed by atoms with Gasteiger partial charge in [-0.3, -0.25) is 5.32 Å². The summed E-state index contributed by atoms with van der Waals surface area (Å²) in [5.41, 5.74) is 0. The maximum Gasteiger partial charge on any atom is 0.412 e. The molecule has 9 heavy (non-hydrogen) atoms. The van der Waals surface area contributed by atoms with Gasteiger partial charge in [-0.1, -0.05) is 18.2 Å². The summed E-state index contributed by atoms with van der Waals surface area (Å²) in [5, 5.41) is 2.22. The van der Waals surface area contributed by atoms with E-state index in [0.29, 0.717) is 6.61 Å². The maximum atomic E-state index is 10.4. The summed E-state index contributed by atoms with van der Waals surface area (Å²) in [6, 6.07) is 0. The smallest absolute Gasteiger partial charge is 0.412 e. The van der Waals surface area contributed by atoms with E-state index in [0.717, 1.165) is 0 Å². The van der Waals surface area contributed by atoms with Crippen LogP contribution in [0.5, 0.6) is 0 Å². The molecule has 1 N–H and O–H groups in total. The lowest BCUT2D eigenvalue weighted by Crippen LogP contribution is -2.20. The monoisotopic (exact) mass is 149 g/mol. The van der Waals surface area contributed by atoms with E-state index in [9.17, 15) is 4.79 Å². The van der Waals surface area contributed by atoms with E-state index >= 15 is 0 Å². The Bertz CT molecular complexity index is 124. The Morgan fingerprint density at radius 1 is 1.89 bits per heavy atom. The molecule has 0 unspecified atom stereocenters. The van der Waals surface area contributed by atoms with Gasteiger partial charge in [0.2, 0.25) is 0 Å². The summed E-state index contributed by atoms with van der Waals surface area (Å²) in [7, 11) is 0. The number of hydrogen-bond acceptors (Lipinski definition) is 2. The highest BCUT2D eigenvalue weighted by molar-refractivity contribution is 6.29. The Balaban J connectivity index is 3.39. The highest BCUT2D eigenvalue weighted by atomic mass is 35.5. The Morgan fingerprint density at radius 3 is 2.78 bits per heavy atom. The Morgan fingerprint density at radius 2 is 2.44 bits per heavy atom. The molecule has 0 saturated carbocycles. The van der Waals surface area contributed by atoms with Crippen molar-refractivity contribution in [3.63, 3.8) is 0 Å². The van der Waals surface area contributed by atoms with Gasteiger partial charge < -0.3 is 4.74 Å². The van der Waals surface area contributed by atoms with Gasteiger partial charge in [0.25, 0.3) is 0 Å². The highest BCUT2D eigenvalue weighted by Crippen LogP contribution is 1.89. The average molecular weight is 150 g/mol. The first-order chi connectivity index (χ1) is 4.16. The summed E-state index contributed by atoms with van der Waals surface area (Å²) < 4.78 is 4.46. The van der Waals surface area contributed by atoms with Crippen molar-refractivity contribution in [2.45, 2.75) is 6.92 Å². The van der Waals surface area contributed by atoms with Crippen LogP contribution in [0, 0.1) is 0 Å². The zero-order chi connectivity index (χ0) is 7.28. The van der Waals surface area contributed by atoms with Gasteiger partial charge in [-0.25, -0.2) is 4.79 Å². The molecular formula is C5H8ClNO2. The number of carbonyl (C=O) groups is 1. The molecule has 0 fully saturated rings. The van der Waals surface area contributed by atoms with Crippen molar-refractivity contribution in [1.82, 2.24) is 5.32 Å². The van der Waals surface area contributed by atoms with Crippen molar-refractivity contribution < 1.29 is 9.53 Å². The molecule has 0 aromatic rings. The van der Waals surface area contributed by atoms with Crippen LogP contribution in [0.1, 0.15) is 6.92 Å². The minimum atomic E-state index is -0.572. The molecule has 0 rings (SSSR count). The molecule has 0 aliphatic rings. The summed E-state index contributed by atoms with van der Waals surface area (Å²) in [4.78, 5) is 10.4. The Hall–Kier alpha value is -0.700. The lowest BCUT2D eigenvalue weighted by molar-refractivity contribution is 0.156. The van der Waals surface area contributed by atoms with Gasteiger partial charge in [0, 0.05) is 0 Å². The van der Waals surface area contributed by atoms with E-state index in [-0.39, 0.29) is 5.16 Å². The number of nitrogens with one attached hydrogen (secondary N) is 1. The number of carbonyl (C=O) groups excluding carboxylic acids is 1. The first kappa shape index (κ1) is 8.30. The van der Waals surface area contributed by atoms with Crippen LogP contribution >= 0.6 is 11.6 Å². The first-order valence-electron chi connectivity index (χ1n) is 2.45. The van der Waals surface area contributed by atoms with E-state index < -0.39 is 6.09 Å². The predicted octanol–water partition coefficient (Wildman–Crippen LogP) is 1.44. The molecule has 4 heteroatoms. The van der Waals surface area contributed by atoms with Crippen molar-refractivity contribution in [1.29, 1.82) is 0 Å². The van der Waals surface area contributed by atoms with Crippen LogP contribution < -0.4 is 5.32 Å². The zero-order valence-electron chi connectivity index (χ0n) is 5.11. The number of amides is 1. The summed E-state index contributed by atoms with van der Waals surface area (Å²) in [6.45, 7) is 5.27. The van der Waals surface area contributed by atoms with Crippen LogP contribution in [0.4, 0.5) is 4.79 Å². The van der Waals surface area contributed by atoms with Crippen LogP contribution in [0.2, 0.25) is 0 Å². The Labute approximate surface area is 58.6 Å². The number of ether oxygens (including phenoxy) is 1. The lowest BCUT2D eigenvalue weighted by Gasteiger charge is -2.00. The van der Waals surface area contributed by atoms with Gasteiger partial charge in [0.1, 0.15) is 5.16 Å². The van der Waals surface area contributed by atoms with E-state index in [1.807, 2.05) is 0 Å². The lowest BCUT2D eigenvalue weighted by atomic mass is 10.8. The molecule has 0 radical (unpaired) electrons. The fraction of sp³-hybridized carbons (Fsp3) is 0.400. The molecule has 0 atom stereocenters. The molecule has 0 spiro atoms. The topological polar surface area (TPSA) is 38.3 Å². The second-order valence-electron chi connectivity index (χ2n) is 1.25. The van der Waals surface area contributed by atoms with E-state index in [2.05, 4.69) is 16.6 Å². The summed E-state index contributed by atoms with van der Waals surface area (Å²) >= 11 is 5.20. The van der Waals surface area contributed by atoms with Crippen LogP contribution in [-0.4, -0.2) is 12.7 Å². The molecule has 0 bridgehead atoms. The molecule has 0 aromatic carbocycles. The molecule has 0 aliphatic carbocycles. The van der Waals surface area contributed by atoms with Gasteiger partial charge in [-0.05, 0) is 6.92 Å². The third-order valence-corrected chi connectivity index (χ3v) is 0.608. The maximum absolute atomic E-state index is 10.4. The van der Waals surface area contributed by atoms with Gasteiger partial charge in [-0.15, -0.1) is 0 Å². The van der Waals surface area contributed by atoms with Crippen LogP contribution in [-0.2, 0) is 4.74 Å². The standard InChI is InChI=1S/C5H8ClNO2/c1-3-9-5(8)7-4(2)6/h2-3H2,1H3,(H,7,8). The molecular weight excluding hydrogens is 142 g/mol. The Kier molecular flexibility index (Phi) is 3.88. The van der Waals surface area contributed by atoms with Gasteiger partial charge in [0.05, 0.1) is 6.61 Å². The van der Waals surface area contributed by atoms with Gasteiger partial charge in [0.15, 0.2) is 0 Å². The third kappa shape index (κ3) is 5.17. The second-order valence-corrected chi connectivity index (χ2v) is 1.71. The van der Waals surface area contributed by atoms with Crippen molar-refractivity contribution >= 4 is 17.7 Å². The molecule has 3 nitrogen and oxygen atoms in total. The normalized spacial score (nSPS) is 8.22.